The minimum Gasteiger partial charge on any atom is -0.311 e. The van der Waals surface area contributed by atoms with Gasteiger partial charge >= 0.3 is 0 Å². The molecule has 0 radical (unpaired) electrons. The van der Waals surface area contributed by atoms with Gasteiger partial charge in [0.15, 0.2) is 0 Å². The second kappa shape index (κ2) is 2.50. The van der Waals surface area contributed by atoms with Gasteiger partial charge in [-0.25, -0.2) is 2.90 Å². The van der Waals surface area contributed by atoms with E-state index in [0.29, 0.717) is 0 Å². The number of hydrogen-bond donors (Lipinski definition) is 1. The van der Waals surface area contributed by atoms with Crippen molar-refractivity contribution >= 4 is 22.9 Å². The van der Waals surface area contributed by atoms with Crippen LogP contribution in [0, 0.1) is 0 Å². The molecule has 0 saturated heterocycles. The van der Waals surface area contributed by atoms with E-state index < -0.39 is 0 Å². The van der Waals surface area contributed by atoms with Gasteiger partial charge in [-0.15, -0.1) is 0 Å². The Morgan fingerprint density at radius 1 is 1.70 bits per heavy atom. The zero-order valence-corrected chi connectivity index (χ0v) is 7.63. The van der Waals surface area contributed by atoms with E-state index in [1.807, 2.05) is 9.09 Å². The normalized spacial score (nSPS) is 16.9. The molecule has 2 rings (SSSR count). The minimum absolute atomic E-state index is 0.971. The number of halogens is 1. The summed E-state index contributed by atoms with van der Waals surface area (Å²) in [5.41, 5.74) is 2.72. The number of nitrogens with one attached hydrogen (secondary N) is 1. The summed E-state index contributed by atoms with van der Waals surface area (Å²) in [6, 6.07) is 0. The molecule has 0 unspecified atom stereocenters. The van der Waals surface area contributed by atoms with Gasteiger partial charge in [0.1, 0.15) is 0 Å². The third-order valence-electron chi connectivity index (χ3n) is 1.77. The predicted molar refractivity (Wildman–Crippen MR) is 47.1 cm³/mol. The second-order valence-corrected chi connectivity index (χ2v) is 3.32. The van der Waals surface area contributed by atoms with Gasteiger partial charge in [0, 0.05) is 6.54 Å². The highest BCUT2D eigenvalue weighted by molar-refractivity contribution is 14.1. The number of hydrogen-bond acceptors (Lipinski definition) is 2. The quantitative estimate of drug-likeness (QED) is 0.687. The van der Waals surface area contributed by atoms with Crippen molar-refractivity contribution in [3.8, 4) is 0 Å². The molecule has 0 spiro atoms. The van der Waals surface area contributed by atoms with E-state index in [1.165, 1.54) is 11.3 Å². The lowest BCUT2D eigenvalue weighted by atomic mass is 10.1. The Bertz CT molecular complexity index is 243. The summed E-state index contributed by atoms with van der Waals surface area (Å²) in [6.07, 6.45) is 3.08. The van der Waals surface area contributed by atoms with Gasteiger partial charge in [-0.05, 0) is 18.5 Å². The lowest BCUT2D eigenvalue weighted by Gasteiger charge is -2.11. The van der Waals surface area contributed by atoms with Crippen molar-refractivity contribution in [2.24, 2.45) is 0 Å². The van der Waals surface area contributed by atoms with Gasteiger partial charge in [0.25, 0.3) is 0 Å². The van der Waals surface area contributed by atoms with Crippen LogP contribution in [-0.2, 0) is 13.0 Å². The van der Waals surface area contributed by atoms with Crippen LogP contribution in [0.15, 0.2) is 6.20 Å². The van der Waals surface area contributed by atoms with E-state index in [9.17, 15) is 0 Å². The molecule has 0 aromatic carbocycles. The maximum Gasteiger partial charge on any atom is 0.0847 e. The summed E-state index contributed by atoms with van der Waals surface area (Å²) >= 11 is 2.20. The molecule has 1 N–H and O–H groups in total. The molecule has 0 saturated carbocycles. The molecule has 0 bridgehead atoms. The van der Waals surface area contributed by atoms with Gasteiger partial charge in [0.05, 0.1) is 34.8 Å². The van der Waals surface area contributed by atoms with Crippen LogP contribution in [0.3, 0.4) is 0 Å². The van der Waals surface area contributed by atoms with Crippen molar-refractivity contribution in [3.05, 3.63) is 17.5 Å². The van der Waals surface area contributed by atoms with E-state index in [0.717, 1.165) is 19.5 Å². The molecule has 4 heteroatoms. The Labute approximate surface area is 73.3 Å². The monoisotopic (exact) mass is 249 g/mol. The van der Waals surface area contributed by atoms with Crippen LogP contribution in [0.2, 0.25) is 0 Å². The number of aromatic nitrogens is 2. The van der Waals surface area contributed by atoms with Crippen LogP contribution >= 0.6 is 22.9 Å². The Hall–Kier alpha value is -0.100. The first kappa shape index (κ1) is 6.60. The highest BCUT2D eigenvalue weighted by Gasteiger charge is 2.12. The third kappa shape index (κ3) is 0.950. The Morgan fingerprint density at radius 2 is 2.60 bits per heavy atom. The van der Waals surface area contributed by atoms with Gasteiger partial charge in [-0.1, -0.05) is 0 Å². The lowest BCUT2D eigenvalue weighted by molar-refractivity contribution is 0.630. The van der Waals surface area contributed by atoms with Crippen molar-refractivity contribution < 1.29 is 0 Å². The van der Waals surface area contributed by atoms with Crippen LogP contribution in [0.25, 0.3) is 0 Å². The maximum atomic E-state index is 4.16. The Kier molecular flexibility index (Phi) is 1.65. The molecule has 1 aromatic heterocycles. The first-order valence-corrected chi connectivity index (χ1v) is 4.27. The van der Waals surface area contributed by atoms with Crippen molar-refractivity contribution in [3.63, 3.8) is 0 Å². The Morgan fingerprint density at radius 3 is 3.40 bits per heavy atom. The standard InChI is InChI=1S/C6H8IN3/c7-10-6-4-8-2-1-5(6)3-9-10/h3,8H,1-2,4H2. The van der Waals surface area contributed by atoms with E-state index in [1.54, 1.807) is 0 Å². The van der Waals surface area contributed by atoms with E-state index in [4.69, 9.17) is 0 Å². The zero-order chi connectivity index (χ0) is 6.97. The maximum absolute atomic E-state index is 4.16. The smallest absolute Gasteiger partial charge is 0.0847 e. The van der Waals surface area contributed by atoms with Gasteiger partial charge in [-0.2, -0.15) is 5.10 Å². The van der Waals surface area contributed by atoms with Gasteiger partial charge in [-0.3, -0.25) is 0 Å². The fourth-order valence-corrected chi connectivity index (χ4v) is 1.81. The van der Waals surface area contributed by atoms with Crippen LogP contribution in [0.1, 0.15) is 11.3 Å². The van der Waals surface area contributed by atoms with Crippen molar-refractivity contribution in [2.75, 3.05) is 6.54 Å². The first-order chi connectivity index (χ1) is 4.88. The van der Waals surface area contributed by atoms with Crippen LogP contribution in [-0.4, -0.2) is 14.5 Å². The molecule has 1 aliphatic heterocycles. The fourth-order valence-electron chi connectivity index (χ4n) is 1.20. The Balaban J connectivity index is 2.45. The lowest BCUT2D eigenvalue weighted by Crippen LogP contribution is -2.23. The SMILES string of the molecule is In1ncc2c1CNCC2. The average Bonchev–Trinajstić information content (AvgIpc) is 2.34. The molecule has 10 heavy (non-hydrogen) atoms. The van der Waals surface area contributed by atoms with Crippen molar-refractivity contribution in [2.45, 2.75) is 13.0 Å². The van der Waals surface area contributed by atoms with Crippen molar-refractivity contribution in [1.29, 1.82) is 0 Å². The molecule has 1 aromatic rings. The summed E-state index contributed by atoms with van der Waals surface area (Å²) in [5, 5.41) is 7.46. The van der Waals surface area contributed by atoms with Crippen LogP contribution in [0.4, 0.5) is 0 Å². The highest BCUT2D eigenvalue weighted by Crippen LogP contribution is 2.14. The first-order valence-electron chi connectivity index (χ1n) is 3.30. The molecule has 0 aliphatic carbocycles. The summed E-state index contributed by atoms with van der Waals surface area (Å²) in [7, 11) is 0. The zero-order valence-electron chi connectivity index (χ0n) is 5.47. The molecule has 0 fully saturated rings. The minimum atomic E-state index is 0.971. The van der Waals surface area contributed by atoms with Crippen molar-refractivity contribution in [1.82, 2.24) is 13.3 Å². The molecule has 3 nitrogen and oxygen atoms in total. The van der Waals surface area contributed by atoms with Gasteiger partial charge < -0.3 is 5.32 Å². The largest absolute Gasteiger partial charge is 0.311 e. The van der Waals surface area contributed by atoms with Gasteiger partial charge in [0.2, 0.25) is 0 Å². The number of rotatable bonds is 0. The van der Waals surface area contributed by atoms with E-state index in [-0.39, 0.29) is 0 Å². The second-order valence-electron chi connectivity index (χ2n) is 2.40. The topological polar surface area (TPSA) is 29.9 Å². The summed E-state index contributed by atoms with van der Waals surface area (Å²) < 4.78 is 1.92. The molecular weight excluding hydrogens is 241 g/mol. The van der Waals surface area contributed by atoms with E-state index in [2.05, 4.69) is 33.3 Å². The summed E-state index contributed by atoms with van der Waals surface area (Å²) in [6.45, 7) is 2.06. The van der Waals surface area contributed by atoms with Crippen LogP contribution in [0.5, 0.6) is 0 Å². The third-order valence-corrected chi connectivity index (χ3v) is 2.60. The summed E-state index contributed by atoms with van der Waals surface area (Å²) in [5.74, 6) is 0. The average molecular weight is 249 g/mol. The molecular formula is C6H8IN3. The predicted octanol–water partition coefficient (Wildman–Crippen LogP) is 0.727. The molecule has 1 aliphatic rings. The summed E-state index contributed by atoms with van der Waals surface area (Å²) in [4.78, 5) is 0. The molecule has 0 amide bonds. The van der Waals surface area contributed by atoms with Crippen LogP contribution < -0.4 is 5.32 Å². The molecule has 0 atom stereocenters. The molecule has 2 heterocycles. The number of nitrogens with zero attached hydrogens (tertiary/aromatic N) is 2. The fraction of sp³-hybridized carbons (Fsp3) is 0.500. The van der Waals surface area contributed by atoms with E-state index >= 15 is 0 Å². The highest BCUT2D eigenvalue weighted by atomic mass is 127. The molecule has 54 valence electrons. The number of fused-ring (bicyclic) bond motifs is 1.